The van der Waals surface area contributed by atoms with E-state index in [4.69, 9.17) is 0 Å². The number of urea groups is 1. The molecule has 1 atom stereocenters. The largest absolute Gasteiger partial charge is 0.334 e. The number of nitrogens with one attached hydrogen (secondary N) is 1. The molecule has 0 aliphatic carbocycles. The lowest BCUT2D eigenvalue weighted by Gasteiger charge is -2.25. The molecule has 0 saturated carbocycles. The monoisotopic (exact) mass is 298 g/mol. The molecule has 1 aliphatic rings. The fraction of sp³-hybridized carbons (Fsp3) is 0.278. The van der Waals surface area contributed by atoms with Crippen LogP contribution in [0.15, 0.2) is 54.6 Å². The molecule has 0 spiro atoms. The smallest absolute Gasteiger partial charge is 0.318 e. The lowest BCUT2D eigenvalue weighted by molar-refractivity contribution is 0.191. The number of amides is 2. The molecule has 2 aromatic rings. The van der Waals surface area contributed by atoms with Gasteiger partial charge in [-0.15, -0.1) is 0 Å². The summed E-state index contributed by atoms with van der Waals surface area (Å²) in [5, 5.41) is 2.92. The fourth-order valence-electron chi connectivity index (χ4n) is 2.95. The first-order chi connectivity index (χ1) is 10.8. The van der Waals surface area contributed by atoms with Crippen LogP contribution in [0.1, 0.15) is 30.0 Å². The third kappa shape index (κ3) is 3.11. The van der Waals surface area contributed by atoms with Gasteiger partial charge in [0.1, 0.15) is 5.82 Å². The van der Waals surface area contributed by atoms with Gasteiger partial charge in [0.25, 0.3) is 0 Å². The Morgan fingerprint density at radius 3 is 2.64 bits per heavy atom. The number of likely N-dealkylation sites (tertiary alicyclic amines) is 1. The lowest BCUT2D eigenvalue weighted by Crippen LogP contribution is -2.39. The zero-order chi connectivity index (χ0) is 15.4. The number of hydrogen-bond donors (Lipinski definition) is 1. The normalized spacial score (nSPS) is 17.5. The summed E-state index contributed by atoms with van der Waals surface area (Å²) >= 11 is 0. The maximum absolute atomic E-state index is 14.0. The standard InChI is InChI=1S/C18H19FN2O/c19-16-10-5-4-9-15(16)17-11-6-12-21(17)18(22)20-13-14-7-2-1-3-8-14/h1-5,7-10,17H,6,11-13H2,(H,20,22)/t17-/m1/s1. The molecule has 114 valence electrons. The number of carbonyl (C=O) groups is 1. The fourth-order valence-corrected chi connectivity index (χ4v) is 2.95. The van der Waals surface area contributed by atoms with Crippen molar-refractivity contribution in [1.82, 2.24) is 10.2 Å². The highest BCUT2D eigenvalue weighted by Gasteiger charge is 2.31. The first-order valence-corrected chi connectivity index (χ1v) is 7.58. The van der Waals surface area contributed by atoms with Crippen LogP contribution in [0.4, 0.5) is 9.18 Å². The third-order valence-corrected chi connectivity index (χ3v) is 4.06. The van der Waals surface area contributed by atoms with Gasteiger partial charge in [-0.2, -0.15) is 0 Å². The second-order valence-electron chi connectivity index (χ2n) is 5.52. The van der Waals surface area contributed by atoms with E-state index < -0.39 is 0 Å². The molecule has 1 fully saturated rings. The predicted octanol–water partition coefficient (Wildman–Crippen LogP) is 3.87. The molecule has 3 nitrogen and oxygen atoms in total. The minimum atomic E-state index is -0.241. The molecular weight excluding hydrogens is 279 g/mol. The molecule has 1 aliphatic heterocycles. The number of carbonyl (C=O) groups excluding carboxylic acids is 1. The molecule has 1 heterocycles. The quantitative estimate of drug-likeness (QED) is 0.916. The van der Waals surface area contributed by atoms with E-state index >= 15 is 0 Å². The molecule has 0 radical (unpaired) electrons. The van der Waals surface area contributed by atoms with E-state index in [9.17, 15) is 9.18 Å². The Labute approximate surface area is 129 Å². The van der Waals surface area contributed by atoms with Gasteiger partial charge in [0, 0.05) is 18.7 Å². The van der Waals surface area contributed by atoms with Crippen LogP contribution in [0.5, 0.6) is 0 Å². The lowest BCUT2D eigenvalue weighted by atomic mass is 10.0. The van der Waals surface area contributed by atoms with E-state index in [0.717, 1.165) is 18.4 Å². The van der Waals surface area contributed by atoms with Gasteiger partial charge in [0.2, 0.25) is 0 Å². The number of halogens is 1. The van der Waals surface area contributed by atoms with Crippen molar-refractivity contribution in [2.45, 2.75) is 25.4 Å². The average molecular weight is 298 g/mol. The van der Waals surface area contributed by atoms with Gasteiger partial charge in [-0.25, -0.2) is 9.18 Å². The predicted molar refractivity (Wildman–Crippen MR) is 83.8 cm³/mol. The highest BCUT2D eigenvalue weighted by atomic mass is 19.1. The molecule has 1 N–H and O–H groups in total. The average Bonchev–Trinajstić information content (AvgIpc) is 3.03. The maximum atomic E-state index is 14.0. The molecule has 4 heteroatoms. The van der Waals surface area contributed by atoms with Gasteiger partial charge in [0.05, 0.1) is 6.04 Å². The van der Waals surface area contributed by atoms with E-state index in [1.165, 1.54) is 6.07 Å². The number of benzene rings is 2. The van der Waals surface area contributed by atoms with E-state index in [1.54, 1.807) is 17.0 Å². The molecule has 1 saturated heterocycles. The Bertz CT molecular complexity index is 645. The van der Waals surface area contributed by atoms with E-state index in [2.05, 4.69) is 5.32 Å². The van der Waals surface area contributed by atoms with Crippen molar-refractivity contribution in [1.29, 1.82) is 0 Å². The van der Waals surface area contributed by atoms with Crippen LogP contribution in [-0.4, -0.2) is 17.5 Å². The van der Waals surface area contributed by atoms with Crippen molar-refractivity contribution in [3.05, 3.63) is 71.5 Å². The van der Waals surface area contributed by atoms with Crippen LogP contribution in [0.25, 0.3) is 0 Å². The zero-order valence-electron chi connectivity index (χ0n) is 12.3. The van der Waals surface area contributed by atoms with Crippen LogP contribution in [-0.2, 0) is 6.54 Å². The van der Waals surface area contributed by atoms with Crippen LogP contribution < -0.4 is 5.32 Å². The Hall–Kier alpha value is -2.36. The van der Waals surface area contributed by atoms with Crippen molar-refractivity contribution >= 4 is 6.03 Å². The van der Waals surface area contributed by atoms with Crippen LogP contribution in [0.3, 0.4) is 0 Å². The summed E-state index contributed by atoms with van der Waals surface area (Å²) in [5.74, 6) is -0.241. The van der Waals surface area contributed by atoms with E-state index in [1.807, 2.05) is 36.4 Å². The van der Waals surface area contributed by atoms with Gasteiger partial charge >= 0.3 is 6.03 Å². The second kappa shape index (κ2) is 6.60. The van der Waals surface area contributed by atoms with Crippen LogP contribution in [0, 0.1) is 5.82 Å². The van der Waals surface area contributed by atoms with Crippen molar-refractivity contribution in [3.63, 3.8) is 0 Å². The minimum Gasteiger partial charge on any atom is -0.334 e. The van der Waals surface area contributed by atoms with Crippen LogP contribution in [0.2, 0.25) is 0 Å². The highest BCUT2D eigenvalue weighted by molar-refractivity contribution is 5.75. The summed E-state index contributed by atoms with van der Waals surface area (Å²) in [7, 11) is 0. The SMILES string of the molecule is O=C(NCc1ccccc1)N1CCC[C@@H]1c1ccccc1F. The van der Waals surface area contributed by atoms with Crippen LogP contribution >= 0.6 is 0 Å². The first kappa shape index (κ1) is 14.6. The van der Waals surface area contributed by atoms with Gasteiger partial charge in [-0.1, -0.05) is 48.5 Å². The van der Waals surface area contributed by atoms with Crippen molar-refractivity contribution in [3.8, 4) is 0 Å². The summed E-state index contributed by atoms with van der Waals surface area (Å²) in [4.78, 5) is 14.1. The molecule has 2 amide bonds. The number of nitrogens with zero attached hydrogens (tertiary/aromatic N) is 1. The molecule has 3 rings (SSSR count). The van der Waals surface area contributed by atoms with Gasteiger partial charge in [0.15, 0.2) is 0 Å². The van der Waals surface area contributed by atoms with Gasteiger partial charge < -0.3 is 10.2 Å². The third-order valence-electron chi connectivity index (χ3n) is 4.06. The summed E-state index contributed by atoms with van der Waals surface area (Å²) < 4.78 is 14.0. The summed E-state index contributed by atoms with van der Waals surface area (Å²) in [6, 6.07) is 16.2. The maximum Gasteiger partial charge on any atom is 0.318 e. The van der Waals surface area contributed by atoms with Crippen molar-refractivity contribution in [2.24, 2.45) is 0 Å². The molecule has 2 aromatic carbocycles. The minimum absolute atomic E-state index is 0.130. The van der Waals surface area contributed by atoms with E-state index in [-0.39, 0.29) is 17.9 Å². The highest BCUT2D eigenvalue weighted by Crippen LogP contribution is 2.33. The summed E-state index contributed by atoms with van der Waals surface area (Å²) in [5.41, 5.74) is 1.66. The Balaban J connectivity index is 1.68. The zero-order valence-corrected chi connectivity index (χ0v) is 12.3. The van der Waals surface area contributed by atoms with Crippen molar-refractivity contribution in [2.75, 3.05) is 6.54 Å². The topological polar surface area (TPSA) is 32.3 Å². The number of rotatable bonds is 3. The Morgan fingerprint density at radius 1 is 1.14 bits per heavy atom. The molecule has 0 unspecified atom stereocenters. The molecule has 22 heavy (non-hydrogen) atoms. The summed E-state index contributed by atoms with van der Waals surface area (Å²) in [6.07, 6.45) is 1.71. The first-order valence-electron chi connectivity index (χ1n) is 7.58. The molecule has 0 bridgehead atoms. The number of hydrogen-bond acceptors (Lipinski definition) is 1. The summed E-state index contributed by atoms with van der Waals surface area (Å²) in [6.45, 7) is 1.15. The van der Waals surface area contributed by atoms with E-state index in [0.29, 0.717) is 18.7 Å². The second-order valence-corrected chi connectivity index (χ2v) is 5.52. The van der Waals surface area contributed by atoms with Gasteiger partial charge in [-0.3, -0.25) is 0 Å². The molecular formula is C18H19FN2O. The Morgan fingerprint density at radius 2 is 1.86 bits per heavy atom. The van der Waals surface area contributed by atoms with Crippen molar-refractivity contribution < 1.29 is 9.18 Å². The molecule has 0 aromatic heterocycles. The van der Waals surface area contributed by atoms with Gasteiger partial charge in [-0.05, 0) is 24.5 Å². The Kier molecular flexibility index (Phi) is 4.37.